The van der Waals surface area contributed by atoms with E-state index in [9.17, 15) is 10.4 Å². The van der Waals surface area contributed by atoms with E-state index in [4.69, 9.17) is 4.74 Å². The summed E-state index contributed by atoms with van der Waals surface area (Å²) in [6, 6.07) is 2.52. The first-order valence-corrected chi connectivity index (χ1v) is 8.09. The molecule has 1 aliphatic rings. The van der Waals surface area contributed by atoms with E-state index in [1.54, 1.807) is 7.11 Å². The predicted octanol–water partition coefficient (Wildman–Crippen LogP) is 3.36. The first kappa shape index (κ1) is 18.7. The monoisotopic (exact) mass is 306 g/mol. The number of allylic oxidation sites excluding steroid dienone is 3. The van der Waals surface area contributed by atoms with Crippen molar-refractivity contribution in [3.8, 4) is 6.07 Å². The highest BCUT2D eigenvalue weighted by molar-refractivity contribution is 5.39. The van der Waals surface area contributed by atoms with Gasteiger partial charge >= 0.3 is 0 Å². The van der Waals surface area contributed by atoms with E-state index in [1.165, 1.54) is 0 Å². The Kier molecular flexibility index (Phi) is 6.65. The van der Waals surface area contributed by atoms with Gasteiger partial charge in [0.2, 0.25) is 0 Å². The molecule has 22 heavy (non-hydrogen) atoms. The van der Waals surface area contributed by atoms with Crippen LogP contribution in [0.4, 0.5) is 0 Å². The third-order valence-electron chi connectivity index (χ3n) is 4.72. The van der Waals surface area contributed by atoms with Crippen LogP contribution in [-0.4, -0.2) is 24.5 Å². The average molecular weight is 306 g/mol. The molecule has 0 aromatic carbocycles. The van der Waals surface area contributed by atoms with Crippen molar-refractivity contribution >= 4 is 0 Å². The van der Waals surface area contributed by atoms with Gasteiger partial charge in [-0.05, 0) is 43.3 Å². The predicted molar refractivity (Wildman–Crippen MR) is 88.7 cm³/mol. The Labute approximate surface area is 134 Å². The first-order valence-electron chi connectivity index (χ1n) is 8.09. The molecule has 0 aromatic heterocycles. The van der Waals surface area contributed by atoms with Crippen molar-refractivity contribution in [3.63, 3.8) is 0 Å². The molecule has 0 saturated heterocycles. The molecule has 0 saturated carbocycles. The molecule has 0 radical (unpaired) electrons. The van der Waals surface area contributed by atoms with Gasteiger partial charge in [-0.2, -0.15) is 5.26 Å². The van der Waals surface area contributed by atoms with Crippen LogP contribution in [-0.2, 0) is 4.74 Å². The minimum absolute atomic E-state index is 0.0634. The summed E-state index contributed by atoms with van der Waals surface area (Å²) < 4.78 is 5.29. The molecule has 0 spiro atoms. The Bertz CT molecular complexity index is 476. The third kappa shape index (κ3) is 3.91. The Balaban J connectivity index is 3.07. The Morgan fingerprint density at radius 2 is 2.09 bits per heavy atom. The summed E-state index contributed by atoms with van der Waals surface area (Å²) in [6.45, 7) is 10.1. The summed E-state index contributed by atoms with van der Waals surface area (Å²) in [6.07, 6.45) is 4.77. The normalized spacial score (nSPS) is 23.7. The van der Waals surface area contributed by atoms with E-state index < -0.39 is 11.5 Å². The quantitative estimate of drug-likeness (QED) is 0.757. The van der Waals surface area contributed by atoms with Gasteiger partial charge in [-0.3, -0.25) is 0 Å². The van der Waals surface area contributed by atoms with Crippen molar-refractivity contribution in [2.45, 2.75) is 59.8 Å². The van der Waals surface area contributed by atoms with E-state index in [1.807, 2.05) is 46.8 Å². The summed E-state index contributed by atoms with van der Waals surface area (Å²) in [4.78, 5) is 0. The topological polar surface area (TPSA) is 65.3 Å². The molecule has 0 aromatic rings. The highest BCUT2D eigenvalue weighted by atomic mass is 16.5. The molecular formula is C18H30N2O2. The summed E-state index contributed by atoms with van der Waals surface area (Å²) in [5, 5.41) is 23.5. The van der Waals surface area contributed by atoms with Gasteiger partial charge < -0.3 is 15.2 Å². The Morgan fingerprint density at radius 1 is 1.45 bits per heavy atom. The maximum Gasteiger partial charge on any atom is 0.146 e. The van der Waals surface area contributed by atoms with Crippen LogP contribution in [0.1, 0.15) is 47.5 Å². The van der Waals surface area contributed by atoms with Gasteiger partial charge in [-0.1, -0.05) is 33.8 Å². The van der Waals surface area contributed by atoms with Gasteiger partial charge in [0.15, 0.2) is 0 Å². The molecule has 0 fully saturated rings. The van der Waals surface area contributed by atoms with Crippen LogP contribution in [0.2, 0.25) is 0 Å². The SMILES string of the molecule is CCC(C#N)(CC(C)[C@H](O)C(C)C)C1=C(C)NC(OC)C=C1. The van der Waals surface area contributed by atoms with Crippen LogP contribution in [0.15, 0.2) is 23.4 Å². The van der Waals surface area contributed by atoms with Crippen LogP contribution in [0.3, 0.4) is 0 Å². The molecule has 0 aliphatic carbocycles. The number of rotatable bonds is 7. The number of nitrogens with zero attached hydrogens (tertiary/aromatic N) is 1. The van der Waals surface area contributed by atoms with Crippen molar-refractivity contribution in [2.75, 3.05) is 7.11 Å². The lowest BCUT2D eigenvalue weighted by Gasteiger charge is -2.36. The van der Waals surface area contributed by atoms with Gasteiger partial charge in [-0.15, -0.1) is 0 Å². The lowest BCUT2D eigenvalue weighted by molar-refractivity contribution is 0.0564. The highest BCUT2D eigenvalue weighted by Gasteiger charge is 2.37. The van der Waals surface area contributed by atoms with Crippen molar-refractivity contribution in [1.82, 2.24) is 5.32 Å². The highest BCUT2D eigenvalue weighted by Crippen LogP contribution is 2.41. The van der Waals surface area contributed by atoms with E-state index in [0.29, 0.717) is 6.42 Å². The maximum atomic E-state index is 10.3. The second-order valence-electron chi connectivity index (χ2n) is 6.66. The second-order valence-corrected chi connectivity index (χ2v) is 6.66. The maximum absolute atomic E-state index is 10.3. The second kappa shape index (κ2) is 7.80. The average Bonchev–Trinajstić information content (AvgIpc) is 2.51. The van der Waals surface area contributed by atoms with Crippen molar-refractivity contribution in [2.24, 2.45) is 17.3 Å². The van der Waals surface area contributed by atoms with E-state index in [-0.39, 0.29) is 18.1 Å². The van der Waals surface area contributed by atoms with Crippen molar-refractivity contribution < 1.29 is 9.84 Å². The van der Waals surface area contributed by atoms with Gasteiger partial charge in [0.25, 0.3) is 0 Å². The molecule has 3 unspecified atom stereocenters. The zero-order valence-electron chi connectivity index (χ0n) is 14.7. The minimum Gasteiger partial charge on any atom is -0.393 e. The number of nitriles is 1. The molecule has 4 nitrogen and oxygen atoms in total. The number of aliphatic hydroxyl groups excluding tert-OH is 1. The molecule has 4 atom stereocenters. The first-order chi connectivity index (χ1) is 10.3. The van der Waals surface area contributed by atoms with Gasteiger partial charge in [0.05, 0.1) is 17.6 Å². The fourth-order valence-corrected chi connectivity index (χ4v) is 3.26. The molecule has 0 bridgehead atoms. The minimum atomic E-state index is -0.582. The summed E-state index contributed by atoms with van der Waals surface area (Å²) in [5.74, 6) is 0.254. The Morgan fingerprint density at radius 3 is 2.50 bits per heavy atom. The van der Waals surface area contributed by atoms with Gasteiger partial charge in [0.1, 0.15) is 6.23 Å². The van der Waals surface area contributed by atoms with Crippen molar-refractivity contribution in [1.29, 1.82) is 5.26 Å². The summed E-state index contributed by atoms with van der Waals surface area (Å²) in [5.41, 5.74) is 1.40. The van der Waals surface area contributed by atoms with Gasteiger partial charge in [-0.25, -0.2) is 0 Å². The Hall–Kier alpha value is -1.31. The van der Waals surface area contributed by atoms with Crippen LogP contribution < -0.4 is 5.32 Å². The van der Waals surface area contributed by atoms with Crippen molar-refractivity contribution in [3.05, 3.63) is 23.4 Å². The number of dihydropyridines is 1. The van der Waals surface area contributed by atoms with Crippen LogP contribution in [0.25, 0.3) is 0 Å². The lowest BCUT2D eigenvalue weighted by Crippen LogP contribution is -2.36. The molecule has 1 rings (SSSR count). The lowest BCUT2D eigenvalue weighted by atomic mass is 9.70. The number of nitrogens with one attached hydrogen (secondary N) is 1. The van der Waals surface area contributed by atoms with Crippen LogP contribution in [0.5, 0.6) is 0 Å². The fraction of sp³-hybridized carbons (Fsp3) is 0.722. The largest absolute Gasteiger partial charge is 0.393 e. The molecule has 124 valence electrons. The third-order valence-corrected chi connectivity index (χ3v) is 4.72. The number of aliphatic hydroxyl groups is 1. The number of ether oxygens (including phenoxy) is 1. The zero-order chi connectivity index (χ0) is 16.9. The van der Waals surface area contributed by atoms with E-state index in [0.717, 1.165) is 17.7 Å². The molecule has 1 aliphatic heterocycles. The van der Waals surface area contributed by atoms with E-state index >= 15 is 0 Å². The van der Waals surface area contributed by atoms with Crippen LogP contribution in [0, 0.1) is 28.6 Å². The fourth-order valence-electron chi connectivity index (χ4n) is 3.26. The van der Waals surface area contributed by atoms with Gasteiger partial charge in [0, 0.05) is 12.8 Å². The number of methoxy groups -OCH3 is 1. The summed E-state index contributed by atoms with van der Waals surface area (Å²) in [7, 11) is 1.65. The molecule has 2 N–H and O–H groups in total. The zero-order valence-corrected chi connectivity index (χ0v) is 14.7. The molecule has 0 amide bonds. The van der Waals surface area contributed by atoms with E-state index in [2.05, 4.69) is 11.4 Å². The standard InChI is InChI=1S/C18H30N2O2/c1-7-18(11-19,10-13(4)17(21)12(2)3)15-8-9-16(22-6)20-14(15)5/h8-9,12-13,16-17,20-21H,7,10H2,1-6H3/t13?,16?,17-,18?/m1/s1. The molecule has 1 heterocycles. The molecule has 4 heteroatoms. The summed E-state index contributed by atoms with van der Waals surface area (Å²) >= 11 is 0. The number of hydrogen-bond acceptors (Lipinski definition) is 4. The smallest absolute Gasteiger partial charge is 0.146 e. The molecular weight excluding hydrogens is 276 g/mol. The number of hydrogen-bond donors (Lipinski definition) is 2. The van der Waals surface area contributed by atoms with Crippen LogP contribution >= 0.6 is 0 Å².